The number of amides is 4. The van der Waals surface area contributed by atoms with Crippen LogP contribution < -0.4 is 0 Å². The maximum atomic E-state index is 11.5. The largest absolute Gasteiger partial charge is 0.333 e. The van der Waals surface area contributed by atoms with Gasteiger partial charge in [-0.1, -0.05) is 29.8 Å². The normalized spacial score (nSPS) is 18.0. The van der Waals surface area contributed by atoms with Crippen molar-refractivity contribution in [2.75, 3.05) is 18.9 Å². The van der Waals surface area contributed by atoms with Gasteiger partial charge in [-0.25, -0.2) is 4.79 Å². The van der Waals surface area contributed by atoms with Crippen LogP contribution in [-0.4, -0.2) is 46.6 Å². The van der Waals surface area contributed by atoms with E-state index in [-0.39, 0.29) is 12.0 Å². The van der Waals surface area contributed by atoms with E-state index < -0.39 is 17.8 Å². The first-order chi connectivity index (χ1) is 6.80. The van der Waals surface area contributed by atoms with Crippen molar-refractivity contribution in [1.29, 1.82) is 0 Å². The number of rotatable bonds is 3. The fourth-order valence-electron chi connectivity index (χ4n) is 1.22. The van der Waals surface area contributed by atoms with E-state index in [1.54, 1.807) is 0 Å². The molecule has 0 spiro atoms. The molecule has 1 saturated heterocycles. The van der Waals surface area contributed by atoms with E-state index in [9.17, 15) is 14.4 Å². The Bertz CT molecular complexity index is 327. The third-order valence-electron chi connectivity index (χ3n) is 2.20. The Morgan fingerprint density at radius 1 is 1.20 bits per heavy atom. The minimum absolute atomic E-state index is 0.239. The molecule has 0 bridgehead atoms. The Kier molecular flexibility index (Phi) is 3.18. The van der Waals surface area contributed by atoms with Gasteiger partial charge in [-0.3, -0.25) is 19.4 Å². The van der Waals surface area contributed by atoms with Crippen molar-refractivity contribution in [2.24, 2.45) is 5.41 Å². The zero-order valence-electron chi connectivity index (χ0n) is 8.91. The average Bonchev–Trinajstić information content (AvgIpc) is 2.36. The predicted octanol–water partition coefficient (Wildman–Crippen LogP) is 0.828. The first kappa shape index (κ1) is 12.2. The van der Waals surface area contributed by atoms with E-state index in [1.165, 1.54) is 7.05 Å². The molecule has 0 aromatic heterocycles. The standard InChI is InChI=1S/C9H13BrN2O3/c1-9(2,4-10)5-12-7(14)6(13)11(3)8(12)15/h4-5H2,1-3H3. The van der Waals surface area contributed by atoms with Gasteiger partial charge in [0.25, 0.3) is 0 Å². The molecule has 1 heterocycles. The molecule has 5 nitrogen and oxygen atoms in total. The van der Waals surface area contributed by atoms with Gasteiger partial charge in [0.2, 0.25) is 0 Å². The molecule has 15 heavy (non-hydrogen) atoms. The molecule has 0 radical (unpaired) electrons. The Balaban J connectivity index is 2.85. The van der Waals surface area contributed by atoms with Gasteiger partial charge >= 0.3 is 17.8 Å². The number of likely N-dealkylation sites (N-methyl/N-ethyl adjacent to an activating group) is 1. The summed E-state index contributed by atoms with van der Waals surface area (Å²) in [7, 11) is 1.31. The SMILES string of the molecule is CN1C(=O)C(=O)N(CC(C)(C)CBr)C1=O. The lowest BCUT2D eigenvalue weighted by atomic mass is 9.96. The average molecular weight is 277 g/mol. The van der Waals surface area contributed by atoms with Crippen molar-refractivity contribution in [3.05, 3.63) is 0 Å². The summed E-state index contributed by atoms with van der Waals surface area (Å²) in [5.74, 6) is -1.50. The lowest BCUT2D eigenvalue weighted by Gasteiger charge is -2.26. The fourth-order valence-corrected chi connectivity index (χ4v) is 1.40. The molecule has 0 aromatic rings. The summed E-state index contributed by atoms with van der Waals surface area (Å²) in [5, 5.41) is 0.648. The highest BCUT2D eigenvalue weighted by Gasteiger charge is 2.43. The summed E-state index contributed by atoms with van der Waals surface area (Å²) < 4.78 is 0. The molecule has 1 aliphatic rings. The van der Waals surface area contributed by atoms with Gasteiger partial charge in [-0.2, -0.15) is 0 Å². The van der Waals surface area contributed by atoms with Crippen LogP contribution in [0.25, 0.3) is 0 Å². The van der Waals surface area contributed by atoms with Crippen molar-refractivity contribution >= 4 is 33.8 Å². The molecule has 0 N–H and O–H groups in total. The number of halogens is 1. The van der Waals surface area contributed by atoms with Gasteiger partial charge in [0.15, 0.2) is 0 Å². The second-order valence-electron chi connectivity index (χ2n) is 4.34. The monoisotopic (exact) mass is 276 g/mol. The molecule has 84 valence electrons. The minimum atomic E-state index is -0.759. The molecule has 0 aromatic carbocycles. The van der Waals surface area contributed by atoms with Crippen LogP contribution in [0.2, 0.25) is 0 Å². The highest BCUT2D eigenvalue weighted by atomic mass is 79.9. The fraction of sp³-hybridized carbons (Fsp3) is 0.667. The van der Waals surface area contributed by atoms with Crippen molar-refractivity contribution < 1.29 is 14.4 Å². The highest BCUT2D eigenvalue weighted by molar-refractivity contribution is 9.09. The Morgan fingerprint density at radius 3 is 2.07 bits per heavy atom. The molecule has 0 aliphatic carbocycles. The van der Waals surface area contributed by atoms with Crippen LogP contribution in [0.4, 0.5) is 4.79 Å². The number of hydrogen-bond donors (Lipinski definition) is 0. The van der Waals surface area contributed by atoms with E-state index in [0.29, 0.717) is 5.33 Å². The Hall–Kier alpha value is -0.910. The van der Waals surface area contributed by atoms with Crippen LogP contribution in [0.1, 0.15) is 13.8 Å². The third-order valence-corrected chi connectivity index (χ3v) is 3.72. The third kappa shape index (κ3) is 2.19. The number of urea groups is 1. The zero-order valence-corrected chi connectivity index (χ0v) is 10.5. The lowest BCUT2D eigenvalue weighted by Crippen LogP contribution is -2.40. The summed E-state index contributed by atoms with van der Waals surface area (Å²) in [6, 6.07) is -0.543. The predicted molar refractivity (Wildman–Crippen MR) is 57.5 cm³/mol. The van der Waals surface area contributed by atoms with Crippen LogP contribution in [0.15, 0.2) is 0 Å². The second-order valence-corrected chi connectivity index (χ2v) is 4.90. The van der Waals surface area contributed by atoms with Crippen molar-refractivity contribution in [2.45, 2.75) is 13.8 Å². The van der Waals surface area contributed by atoms with Gasteiger partial charge in [-0.05, 0) is 5.41 Å². The number of alkyl halides is 1. The van der Waals surface area contributed by atoms with Gasteiger partial charge in [0.1, 0.15) is 0 Å². The maximum Gasteiger partial charge on any atom is 0.333 e. The summed E-state index contributed by atoms with van der Waals surface area (Å²) in [4.78, 5) is 36.0. The first-order valence-electron chi connectivity index (χ1n) is 4.49. The summed E-state index contributed by atoms with van der Waals surface area (Å²) in [6.07, 6.45) is 0. The van der Waals surface area contributed by atoms with Gasteiger partial charge < -0.3 is 0 Å². The quantitative estimate of drug-likeness (QED) is 0.436. The molecule has 0 saturated carbocycles. The number of hydrogen-bond acceptors (Lipinski definition) is 3. The van der Waals surface area contributed by atoms with E-state index in [1.807, 2.05) is 13.8 Å². The molecule has 6 heteroatoms. The molecular formula is C9H13BrN2O3. The summed E-state index contributed by atoms with van der Waals surface area (Å²) in [6.45, 7) is 4.06. The molecule has 1 rings (SSSR count). The highest BCUT2D eigenvalue weighted by Crippen LogP contribution is 2.22. The summed E-state index contributed by atoms with van der Waals surface area (Å²) >= 11 is 3.30. The Labute approximate surface area is 96.5 Å². The van der Waals surface area contributed by atoms with Crippen LogP contribution in [0, 0.1) is 5.41 Å². The summed E-state index contributed by atoms with van der Waals surface area (Å²) in [5.41, 5.74) is -0.239. The van der Waals surface area contributed by atoms with Crippen LogP contribution in [0.5, 0.6) is 0 Å². The minimum Gasteiger partial charge on any atom is -0.263 e. The number of nitrogens with zero attached hydrogens (tertiary/aromatic N) is 2. The first-order valence-corrected chi connectivity index (χ1v) is 5.62. The lowest BCUT2D eigenvalue weighted by molar-refractivity contribution is -0.143. The molecule has 0 unspecified atom stereocenters. The number of carbonyl (C=O) groups is 3. The van der Waals surface area contributed by atoms with E-state index in [2.05, 4.69) is 15.9 Å². The van der Waals surface area contributed by atoms with Gasteiger partial charge in [-0.15, -0.1) is 0 Å². The zero-order chi connectivity index (χ0) is 11.8. The van der Waals surface area contributed by atoms with Gasteiger partial charge in [0, 0.05) is 18.9 Å². The smallest absolute Gasteiger partial charge is 0.263 e. The Morgan fingerprint density at radius 2 is 1.73 bits per heavy atom. The molecular weight excluding hydrogens is 264 g/mol. The second kappa shape index (κ2) is 3.92. The topological polar surface area (TPSA) is 57.7 Å². The van der Waals surface area contributed by atoms with Crippen molar-refractivity contribution in [3.63, 3.8) is 0 Å². The molecule has 4 amide bonds. The van der Waals surface area contributed by atoms with Gasteiger partial charge in [0.05, 0.1) is 0 Å². The number of imide groups is 2. The van der Waals surface area contributed by atoms with Crippen LogP contribution in [-0.2, 0) is 9.59 Å². The molecule has 0 atom stereocenters. The number of carbonyl (C=O) groups excluding carboxylic acids is 3. The van der Waals surface area contributed by atoms with Crippen LogP contribution in [0.3, 0.4) is 0 Å². The van der Waals surface area contributed by atoms with E-state index in [4.69, 9.17) is 0 Å². The maximum absolute atomic E-state index is 11.5. The van der Waals surface area contributed by atoms with E-state index >= 15 is 0 Å². The van der Waals surface area contributed by atoms with Crippen molar-refractivity contribution in [3.8, 4) is 0 Å². The molecule has 1 fully saturated rings. The molecule has 1 aliphatic heterocycles. The van der Waals surface area contributed by atoms with Crippen LogP contribution >= 0.6 is 15.9 Å². The van der Waals surface area contributed by atoms with E-state index in [0.717, 1.165) is 9.80 Å². The van der Waals surface area contributed by atoms with Crippen molar-refractivity contribution in [1.82, 2.24) is 9.80 Å².